The van der Waals surface area contributed by atoms with Gasteiger partial charge < -0.3 is 14.4 Å². The molecule has 1 aliphatic rings. The number of benzene rings is 2. The molecule has 2 aromatic carbocycles. The van der Waals surface area contributed by atoms with Gasteiger partial charge in [-0.1, -0.05) is 42.5 Å². The number of rotatable bonds is 6. The van der Waals surface area contributed by atoms with Gasteiger partial charge in [0.05, 0.1) is 19.6 Å². The van der Waals surface area contributed by atoms with Gasteiger partial charge in [-0.05, 0) is 49.1 Å². The Hall–Kier alpha value is -3.08. The molecule has 0 aromatic heterocycles. The molecule has 1 aliphatic heterocycles. The van der Waals surface area contributed by atoms with Crippen molar-refractivity contribution in [2.24, 2.45) is 5.92 Å². The Morgan fingerprint density at radius 2 is 1.83 bits per heavy atom. The van der Waals surface area contributed by atoms with Crippen molar-refractivity contribution < 1.29 is 19.1 Å². The third-order valence-corrected chi connectivity index (χ3v) is 5.06. The van der Waals surface area contributed by atoms with Crippen molar-refractivity contribution in [1.29, 1.82) is 0 Å². The molecule has 1 fully saturated rings. The van der Waals surface area contributed by atoms with Crippen LogP contribution in [0, 0.1) is 5.92 Å². The van der Waals surface area contributed by atoms with Crippen molar-refractivity contribution in [1.82, 2.24) is 4.90 Å². The molecule has 3 rings (SSSR count). The molecule has 152 valence electrons. The summed E-state index contributed by atoms with van der Waals surface area (Å²) in [5.41, 5.74) is 2.38. The molecule has 0 N–H and O–H groups in total. The smallest absolute Gasteiger partial charge is 0.310 e. The number of esters is 1. The van der Waals surface area contributed by atoms with E-state index in [2.05, 4.69) is 0 Å². The van der Waals surface area contributed by atoms with Gasteiger partial charge in [0.15, 0.2) is 0 Å². The second kappa shape index (κ2) is 9.92. The predicted molar refractivity (Wildman–Crippen MR) is 113 cm³/mol. The van der Waals surface area contributed by atoms with E-state index in [1.165, 1.54) is 7.11 Å². The normalized spacial score (nSPS) is 17.0. The average molecular weight is 393 g/mol. The van der Waals surface area contributed by atoms with E-state index in [4.69, 9.17) is 9.47 Å². The van der Waals surface area contributed by atoms with Gasteiger partial charge in [0.2, 0.25) is 0 Å². The van der Waals surface area contributed by atoms with E-state index in [0.29, 0.717) is 25.3 Å². The first-order valence-corrected chi connectivity index (χ1v) is 9.99. The molecule has 5 heteroatoms. The molecule has 29 heavy (non-hydrogen) atoms. The van der Waals surface area contributed by atoms with Crippen LogP contribution in [0.15, 0.2) is 54.6 Å². The first-order chi connectivity index (χ1) is 14.1. The lowest BCUT2D eigenvalue weighted by atomic mass is 9.95. The van der Waals surface area contributed by atoms with Crippen LogP contribution in [0.3, 0.4) is 0 Å². The number of piperidine rings is 1. The number of hydrogen-bond donors (Lipinski definition) is 0. The number of hydrogen-bond acceptors (Lipinski definition) is 4. The van der Waals surface area contributed by atoms with Crippen LogP contribution in [0.4, 0.5) is 0 Å². The zero-order chi connectivity index (χ0) is 20.6. The van der Waals surface area contributed by atoms with Gasteiger partial charge in [-0.15, -0.1) is 0 Å². The van der Waals surface area contributed by atoms with Crippen molar-refractivity contribution >= 4 is 23.5 Å². The van der Waals surface area contributed by atoms with Crippen LogP contribution in [0.5, 0.6) is 5.75 Å². The standard InChI is InChI=1S/C24H27NO4/c1-3-29-21-13-11-18(12-14-21)16-22(19-8-5-4-6-9-19)23(26)25-15-7-10-20(17-25)24(27)28-2/h4-6,8-9,11-14,16,20H,3,7,10,15,17H2,1-2H3/b22-16+. The molecule has 2 aromatic rings. The Morgan fingerprint density at radius 3 is 2.48 bits per heavy atom. The first-order valence-electron chi connectivity index (χ1n) is 9.99. The molecule has 1 unspecified atom stereocenters. The Labute approximate surface area is 171 Å². The van der Waals surface area contributed by atoms with Gasteiger partial charge in [0, 0.05) is 18.7 Å². The molecular weight excluding hydrogens is 366 g/mol. The second-order valence-electron chi connectivity index (χ2n) is 7.04. The molecule has 0 bridgehead atoms. The molecule has 0 aliphatic carbocycles. The van der Waals surface area contributed by atoms with Crippen LogP contribution in [-0.2, 0) is 14.3 Å². The number of likely N-dealkylation sites (tertiary alicyclic amines) is 1. The minimum Gasteiger partial charge on any atom is -0.494 e. The lowest BCUT2D eigenvalue weighted by molar-refractivity contribution is -0.148. The number of methoxy groups -OCH3 is 1. The highest BCUT2D eigenvalue weighted by Gasteiger charge is 2.30. The number of carbonyl (C=O) groups is 2. The number of ether oxygens (including phenoxy) is 2. The quantitative estimate of drug-likeness (QED) is 0.422. The van der Waals surface area contributed by atoms with Gasteiger partial charge >= 0.3 is 5.97 Å². The van der Waals surface area contributed by atoms with Gasteiger partial charge in [-0.25, -0.2) is 0 Å². The van der Waals surface area contributed by atoms with E-state index in [1.807, 2.05) is 67.6 Å². The number of amides is 1. The van der Waals surface area contributed by atoms with E-state index in [1.54, 1.807) is 4.90 Å². The molecular formula is C24H27NO4. The van der Waals surface area contributed by atoms with E-state index >= 15 is 0 Å². The summed E-state index contributed by atoms with van der Waals surface area (Å²) in [4.78, 5) is 27.1. The fraction of sp³-hybridized carbons (Fsp3) is 0.333. The summed E-state index contributed by atoms with van der Waals surface area (Å²) < 4.78 is 10.4. The number of carbonyl (C=O) groups excluding carboxylic acids is 2. The van der Waals surface area contributed by atoms with Crippen LogP contribution >= 0.6 is 0 Å². The fourth-order valence-corrected chi connectivity index (χ4v) is 3.57. The third kappa shape index (κ3) is 5.25. The van der Waals surface area contributed by atoms with Crippen LogP contribution < -0.4 is 4.74 Å². The van der Waals surface area contributed by atoms with Crippen molar-refractivity contribution in [2.45, 2.75) is 19.8 Å². The summed E-state index contributed by atoms with van der Waals surface area (Å²) in [5, 5.41) is 0. The lowest BCUT2D eigenvalue weighted by Crippen LogP contribution is -2.43. The fourth-order valence-electron chi connectivity index (χ4n) is 3.57. The highest BCUT2D eigenvalue weighted by atomic mass is 16.5. The van der Waals surface area contributed by atoms with Crippen LogP contribution in [-0.4, -0.2) is 43.6 Å². The van der Waals surface area contributed by atoms with E-state index in [0.717, 1.165) is 29.7 Å². The van der Waals surface area contributed by atoms with Crippen molar-refractivity contribution in [3.05, 3.63) is 65.7 Å². The lowest BCUT2D eigenvalue weighted by Gasteiger charge is -2.32. The summed E-state index contributed by atoms with van der Waals surface area (Å²) in [6, 6.07) is 17.3. The average Bonchev–Trinajstić information content (AvgIpc) is 2.78. The number of nitrogens with zero attached hydrogens (tertiary/aromatic N) is 1. The van der Waals surface area contributed by atoms with Crippen molar-refractivity contribution in [3.8, 4) is 5.75 Å². The monoisotopic (exact) mass is 393 g/mol. The molecule has 0 saturated carbocycles. The second-order valence-corrected chi connectivity index (χ2v) is 7.04. The summed E-state index contributed by atoms with van der Waals surface area (Å²) in [5.74, 6) is 0.215. The third-order valence-electron chi connectivity index (χ3n) is 5.06. The van der Waals surface area contributed by atoms with Gasteiger partial charge in [0.1, 0.15) is 5.75 Å². The zero-order valence-electron chi connectivity index (χ0n) is 17.0. The molecule has 5 nitrogen and oxygen atoms in total. The van der Waals surface area contributed by atoms with Crippen LogP contribution in [0.25, 0.3) is 11.6 Å². The maximum Gasteiger partial charge on any atom is 0.310 e. The summed E-state index contributed by atoms with van der Waals surface area (Å²) >= 11 is 0. The Kier molecular flexibility index (Phi) is 7.06. The SMILES string of the molecule is CCOc1ccc(/C=C(/C(=O)N2CCCC(C(=O)OC)C2)c2ccccc2)cc1. The molecule has 1 atom stereocenters. The Balaban J connectivity index is 1.89. The van der Waals surface area contributed by atoms with Gasteiger partial charge in [-0.3, -0.25) is 9.59 Å². The zero-order valence-corrected chi connectivity index (χ0v) is 17.0. The molecule has 1 saturated heterocycles. The minimum atomic E-state index is -0.264. The van der Waals surface area contributed by atoms with E-state index < -0.39 is 0 Å². The minimum absolute atomic E-state index is 0.0707. The molecule has 0 spiro atoms. The highest BCUT2D eigenvalue weighted by molar-refractivity contribution is 6.24. The summed E-state index contributed by atoms with van der Waals surface area (Å²) in [7, 11) is 1.39. The van der Waals surface area contributed by atoms with Gasteiger partial charge in [0.25, 0.3) is 5.91 Å². The molecule has 0 radical (unpaired) electrons. The van der Waals surface area contributed by atoms with Gasteiger partial charge in [-0.2, -0.15) is 0 Å². The maximum absolute atomic E-state index is 13.4. The predicted octanol–water partition coefficient (Wildman–Crippen LogP) is 4.04. The van der Waals surface area contributed by atoms with Crippen LogP contribution in [0.1, 0.15) is 30.9 Å². The molecule has 1 amide bonds. The van der Waals surface area contributed by atoms with Crippen molar-refractivity contribution in [3.63, 3.8) is 0 Å². The summed E-state index contributed by atoms with van der Waals surface area (Å²) in [6.45, 7) is 3.58. The van der Waals surface area contributed by atoms with E-state index in [-0.39, 0.29) is 17.8 Å². The first kappa shape index (κ1) is 20.6. The van der Waals surface area contributed by atoms with Crippen LogP contribution in [0.2, 0.25) is 0 Å². The Morgan fingerprint density at radius 1 is 1.10 bits per heavy atom. The molecule has 1 heterocycles. The topological polar surface area (TPSA) is 55.8 Å². The van der Waals surface area contributed by atoms with E-state index in [9.17, 15) is 9.59 Å². The van der Waals surface area contributed by atoms with Crippen molar-refractivity contribution in [2.75, 3.05) is 26.8 Å². The summed E-state index contributed by atoms with van der Waals surface area (Å²) in [6.07, 6.45) is 3.44. The Bertz CT molecular complexity index is 858. The maximum atomic E-state index is 13.4. The highest BCUT2D eigenvalue weighted by Crippen LogP contribution is 2.26. The largest absolute Gasteiger partial charge is 0.494 e.